The predicted octanol–water partition coefficient (Wildman–Crippen LogP) is 0.857. The third kappa shape index (κ3) is 5.02. The van der Waals surface area contributed by atoms with E-state index >= 15 is 0 Å². The number of benzene rings is 1. The summed E-state index contributed by atoms with van der Waals surface area (Å²) in [5.41, 5.74) is 2.50. The maximum Gasteiger partial charge on any atom is 0.317 e. The number of rotatable bonds is 5. The Hall–Kier alpha value is -1.59. The van der Waals surface area contributed by atoms with Crippen molar-refractivity contribution in [2.24, 2.45) is 0 Å². The van der Waals surface area contributed by atoms with Crippen LogP contribution in [0.4, 0.5) is 4.79 Å². The molecule has 0 saturated carbocycles. The molecular weight excluding hydrogens is 266 g/mol. The largest absolute Gasteiger partial charge is 0.395 e. The van der Waals surface area contributed by atoms with Gasteiger partial charge in [-0.1, -0.05) is 29.8 Å². The second kappa shape index (κ2) is 8.00. The number of piperazine rings is 1. The average Bonchev–Trinajstić information content (AvgIpc) is 2.48. The first-order valence-corrected chi connectivity index (χ1v) is 7.60. The molecule has 116 valence electrons. The van der Waals surface area contributed by atoms with E-state index in [2.05, 4.69) is 35.3 Å². The van der Waals surface area contributed by atoms with E-state index in [1.165, 1.54) is 11.1 Å². The van der Waals surface area contributed by atoms with Crippen LogP contribution in [0, 0.1) is 6.92 Å². The molecule has 0 aromatic heterocycles. The van der Waals surface area contributed by atoms with Gasteiger partial charge in [0.1, 0.15) is 0 Å². The van der Waals surface area contributed by atoms with Gasteiger partial charge in [0.15, 0.2) is 0 Å². The number of carbonyl (C=O) groups is 1. The first-order chi connectivity index (χ1) is 10.2. The Balaban J connectivity index is 1.68. The normalized spacial score (nSPS) is 16.0. The topological polar surface area (TPSA) is 55.8 Å². The Morgan fingerprint density at radius 3 is 2.71 bits per heavy atom. The van der Waals surface area contributed by atoms with Gasteiger partial charge in [0.05, 0.1) is 6.61 Å². The van der Waals surface area contributed by atoms with Crippen LogP contribution < -0.4 is 5.32 Å². The molecule has 0 radical (unpaired) electrons. The second-order valence-corrected chi connectivity index (χ2v) is 5.52. The van der Waals surface area contributed by atoms with Crippen molar-refractivity contribution < 1.29 is 9.90 Å². The minimum absolute atomic E-state index is 0.0197. The highest BCUT2D eigenvalue weighted by Crippen LogP contribution is 2.05. The summed E-state index contributed by atoms with van der Waals surface area (Å²) in [5, 5.41) is 11.9. The van der Waals surface area contributed by atoms with Gasteiger partial charge in [-0.15, -0.1) is 0 Å². The SMILES string of the molecule is Cc1cccc(CCNC(=O)N2CCN(CCO)CC2)c1. The van der Waals surface area contributed by atoms with Gasteiger partial charge in [0, 0.05) is 39.3 Å². The predicted molar refractivity (Wildman–Crippen MR) is 83.4 cm³/mol. The number of carbonyl (C=O) groups excluding carboxylic acids is 1. The van der Waals surface area contributed by atoms with Gasteiger partial charge in [-0.25, -0.2) is 4.79 Å². The minimum atomic E-state index is 0.0197. The van der Waals surface area contributed by atoms with E-state index in [-0.39, 0.29) is 12.6 Å². The smallest absolute Gasteiger partial charge is 0.317 e. The number of hydrogen-bond donors (Lipinski definition) is 2. The number of nitrogens with zero attached hydrogens (tertiary/aromatic N) is 2. The number of urea groups is 1. The summed E-state index contributed by atoms with van der Waals surface area (Å²) < 4.78 is 0. The lowest BCUT2D eigenvalue weighted by Crippen LogP contribution is -2.52. The number of aryl methyl sites for hydroxylation is 1. The lowest BCUT2D eigenvalue weighted by molar-refractivity contribution is 0.122. The van der Waals surface area contributed by atoms with Crippen molar-refractivity contribution in [2.45, 2.75) is 13.3 Å². The molecule has 0 bridgehead atoms. The highest BCUT2D eigenvalue weighted by Gasteiger charge is 2.20. The molecule has 0 aliphatic carbocycles. The molecule has 1 saturated heterocycles. The maximum atomic E-state index is 12.1. The molecule has 1 aliphatic heterocycles. The molecule has 1 aliphatic rings. The fourth-order valence-corrected chi connectivity index (χ4v) is 2.61. The third-order valence-electron chi connectivity index (χ3n) is 3.85. The standard InChI is InChI=1S/C16H25N3O2/c1-14-3-2-4-15(13-14)5-6-17-16(21)19-9-7-18(8-10-19)11-12-20/h2-4,13,20H,5-12H2,1H3,(H,17,21). The van der Waals surface area contributed by atoms with Gasteiger partial charge >= 0.3 is 6.03 Å². The molecule has 1 aromatic rings. The van der Waals surface area contributed by atoms with Gasteiger partial charge in [0.25, 0.3) is 0 Å². The fraction of sp³-hybridized carbons (Fsp3) is 0.562. The van der Waals surface area contributed by atoms with Crippen molar-refractivity contribution in [3.8, 4) is 0 Å². The maximum absolute atomic E-state index is 12.1. The Bertz CT molecular complexity index is 457. The van der Waals surface area contributed by atoms with Crippen molar-refractivity contribution in [3.05, 3.63) is 35.4 Å². The molecular formula is C16H25N3O2. The summed E-state index contributed by atoms with van der Waals surface area (Å²) in [5.74, 6) is 0. The summed E-state index contributed by atoms with van der Waals surface area (Å²) >= 11 is 0. The van der Waals surface area contributed by atoms with E-state index in [1.54, 1.807) is 0 Å². The van der Waals surface area contributed by atoms with Gasteiger partial charge < -0.3 is 15.3 Å². The van der Waals surface area contributed by atoms with E-state index in [9.17, 15) is 4.79 Å². The summed E-state index contributed by atoms with van der Waals surface area (Å²) in [7, 11) is 0. The number of aliphatic hydroxyl groups is 1. The molecule has 5 nitrogen and oxygen atoms in total. The van der Waals surface area contributed by atoms with Gasteiger partial charge in [0.2, 0.25) is 0 Å². The van der Waals surface area contributed by atoms with Gasteiger partial charge in [-0.05, 0) is 18.9 Å². The van der Waals surface area contributed by atoms with Gasteiger partial charge in [-0.3, -0.25) is 4.90 Å². The van der Waals surface area contributed by atoms with Crippen LogP contribution in [0.2, 0.25) is 0 Å². The first-order valence-electron chi connectivity index (χ1n) is 7.60. The summed E-state index contributed by atoms with van der Waals surface area (Å²) in [4.78, 5) is 16.1. The zero-order valence-corrected chi connectivity index (χ0v) is 12.7. The van der Waals surface area contributed by atoms with E-state index in [1.807, 2.05) is 11.0 Å². The zero-order valence-electron chi connectivity index (χ0n) is 12.7. The van der Waals surface area contributed by atoms with Gasteiger partial charge in [-0.2, -0.15) is 0 Å². The molecule has 0 atom stereocenters. The second-order valence-electron chi connectivity index (χ2n) is 5.52. The number of hydrogen-bond acceptors (Lipinski definition) is 3. The van der Waals surface area contributed by atoms with Crippen molar-refractivity contribution >= 4 is 6.03 Å². The molecule has 1 fully saturated rings. The molecule has 2 N–H and O–H groups in total. The monoisotopic (exact) mass is 291 g/mol. The van der Waals surface area contributed by atoms with Crippen LogP contribution in [0.3, 0.4) is 0 Å². The van der Waals surface area contributed by atoms with Crippen LogP contribution in [0.1, 0.15) is 11.1 Å². The molecule has 0 unspecified atom stereocenters. The molecule has 21 heavy (non-hydrogen) atoms. The highest BCUT2D eigenvalue weighted by atomic mass is 16.3. The quantitative estimate of drug-likeness (QED) is 0.846. The van der Waals surface area contributed by atoms with E-state index < -0.39 is 0 Å². The van der Waals surface area contributed by atoms with Crippen molar-refractivity contribution in [2.75, 3.05) is 45.9 Å². The van der Waals surface area contributed by atoms with E-state index in [0.717, 1.165) is 32.6 Å². The van der Waals surface area contributed by atoms with Crippen LogP contribution >= 0.6 is 0 Å². The minimum Gasteiger partial charge on any atom is -0.395 e. The number of amides is 2. The molecule has 2 rings (SSSR count). The molecule has 0 spiro atoms. The van der Waals surface area contributed by atoms with Crippen LogP contribution in [-0.2, 0) is 6.42 Å². The Morgan fingerprint density at radius 1 is 1.29 bits per heavy atom. The molecule has 2 amide bonds. The average molecular weight is 291 g/mol. The number of aliphatic hydroxyl groups excluding tert-OH is 1. The Morgan fingerprint density at radius 2 is 2.05 bits per heavy atom. The molecule has 5 heteroatoms. The lowest BCUT2D eigenvalue weighted by atomic mass is 10.1. The number of nitrogens with one attached hydrogen (secondary N) is 1. The van der Waals surface area contributed by atoms with Crippen LogP contribution in [0.25, 0.3) is 0 Å². The van der Waals surface area contributed by atoms with E-state index in [0.29, 0.717) is 13.1 Å². The summed E-state index contributed by atoms with van der Waals surface area (Å²) in [6, 6.07) is 8.39. The summed E-state index contributed by atoms with van der Waals surface area (Å²) in [6.07, 6.45) is 0.859. The van der Waals surface area contributed by atoms with Crippen LogP contribution in [0.5, 0.6) is 0 Å². The van der Waals surface area contributed by atoms with Crippen LogP contribution in [-0.4, -0.2) is 66.8 Å². The fourth-order valence-electron chi connectivity index (χ4n) is 2.61. The highest BCUT2D eigenvalue weighted by molar-refractivity contribution is 5.74. The third-order valence-corrected chi connectivity index (χ3v) is 3.85. The van der Waals surface area contributed by atoms with Crippen molar-refractivity contribution in [3.63, 3.8) is 0 Å². The summed E-state index contributed by atoms with van der Waals surface area (Å²) in [6.45, 7) is 6.77. The molecule has 1 heterocycles. The zero-order chi connectivity index (χ0) is 15.1. The first kappa shape index (κ1) is 15.8. The molecule has 1 aromatic carbocycles. The lowest BCUT2D eigenvalue weighted by Gasteiger charge is -2.34. The van der Waals surface area contributed by atoms with Crippen molar-refractivity contribution in [1.82, 2.24) is 15.1 Å². The Kier molecular flexibility index (Phi) is 6.02. The Labute approximate surface area is 126 Å². The van der Waals surface area contributed by atoms with E-state index in [4.69, 9.17) is 5.11 Å². The number of β-amino-alcohol motifs (C(OH)–C–C–N with tert-alkyl or cyclic N) is 1. The van der Waals surface area contributed by atoms with Crippen molar-refractivity contribution in [1.29, 1.82) is 0 Å². The van der Waals surface area contributed by atoms with Crippen LogP contribution in [0.15, 0.2) is 24.3 Å².